The van der Waals surface area contributed by atoms with Gasteiger partial charge in [-0.1, -0.05) is 22.0 Å². The molecule has 0 saturated carbocycles. The van der Waals surface area contributed by atoms with E-state index in [4.69, 9.17) is 5.69 Å². The van der Waals surface area contributed by atoms with Gasteiger partial charge in [0.05, 0.1) is 0 Å². The first-order valence-corrected chi connectivity index (χ1v) is 2.81. The summed E-state index contributed by atoms with van der Waals surface area (Å²) < 4.78 is 1.50. The van der Waals surface area contributed by atoms with Crippen molar-refractivity contribution in [2.75, 3.05) is 0 Å². The van der Waals surface area contributed by atoms with Crippen LogP contribution in [0.1, 0.15) is 0 Å². The van der Waals surface area contributed by atoms with Crippen LogP contribution in [0.3, 0.4) is 0 Å². The Kier molecular flexibility index (Phi) is 1.24. The third kappa shape index (κ3) is 0.685. The topological polar surface area (TPSA) is 43.6 Å². The fourth-order valence-electron chi connectivity index (χ4n) is 0.321. The lowest BCUT2D eigenvalue weighted by atomic mass is 11.2. The second-order valence-electron chi connectivity index (χ2n) is 1.20. The summed E-state index contributed by atoms with van der Waals surface area (Å²) in [4.78, 5) is 0. The van der Waals surface area contributed by atoms with Gasteiger partial charge in [0.1, 0.15) is 0 Å². The van der Waals surface area contributed by atoms with Crippen LogP contribution < -0.4 is 0 Å². The molecular weight excluding hydrogens is 124 g/mol. The van der Waals surface area contributed by atoms with E-state index < -0.39 is 0 Å². The van der Waals surface area contributed by atoms with Crippen LogP contribution in [-0.4, -0.2) is 20.2 Å². The molecule has 0 aliphatic carbocycles. The highest BCUT2D eigenvalue weighted by molar-refractivity contribution is 7.88. The molecule has 0 unspecified atom stereocenters. The molecule has 8 heavy (non-hydrogen) atoms. The van der Waals surface area contributed by atoms with E-state index in [2.05, 4.69) is 15.5 Å². The van der Waals surface area contributed by atoms with E-state index in [-0.39, 0.29) is 0 Å². The zero-order chi connectivity index (χ0) is 5.98. The van der Waals surface area contributed by atoms with E-state index in [0.717, 1.165) is 11.2 Å². The van der Waals surface area contributed by atoms with Gasteiger partial charge in [-0.25, -0.2) is 4.68 Å². The zero-order valence-electron chi connectivity index (χ0n) is 4.27. The van der Waals surface area contributed by atoms with Gasteiger partial charge in [-0.3, -0.25) is 0 Å². The van der Waals surface area contributed by atoms with Crippen molar-refractivity contribution in [1.29, 1.82) is 0 Å². The molecule has 5 heteroatoms. The number of nitrogens with zero attached hydrogens (tertiary/aromatic N) is 4. The van der Waals surface area contributed by atoms with Crippen LogP contribution in [0.15, 0.2) is 5.16 Å². The molecule has 0 fully saturated rings. The van der Waals surface area contributed by atoms with Gasteiger partial charge < -0.3 is 0 Å². The standard InChI is InChI=1S/C3H4N4S/c1-7-3(8-2)4-5-6-7/h2H,1H3. The molecule has 0 spiro atoms. The predicted octanol–water partition coefficient (Wildman–Crippen LogP) is -0.109. The molecule has 0 amide bonds. The van der Waals surface area contributed by atoms with Crippen LogP contribution in [0.4, 0.5) is 0 Å². The van der Waals surface area contributed by atoms with E-state index in [1.807, 2.05) is 0 Å². The number of hydrogen-bond donors (Lipinski definition) is 0. The molecule has 0 atom stereocenters. The van der Waals surface area contributed by atoms with Crippen molar-refractivity contribution in [2.45, 2.75) is 5.16 Å². The van der Waals surface area contributed by atoms with Crippen molar-refractivity contribution in [3.8, 4) is 5.69 Å². The minimum atomic E-state index is 0.616. The molecule has 1 rings (SSSR count). The van der Waals surface area contributed by atoms with Gasteiger partial charge in [-0.05, 0) is 10.4 Å². The largest absolute Gasteiger partial charge is 0.237 e. The van der Waals surface area contributed by atoms with Crippen molar-refractivity contribution < 1.29 is 0 Å². The molecule has 42 valence electrons. The molecule has 0 saturated heterocycles. The second-order valence-corrected chi connectivity index (χ2v) is 1.80. The van der Waals surface area contributed by atoms with E-state index in [0.29, 0.717) is 5.16 Å². The van der Waals surface area contributed by atoms with E-state index in [1.165, 1.54) is 4.68 Å². The van der Waals surface area contributed by atoms with E-state index in [1.54, 1.807) is 7.05 Å². The molecule has 1 aromatic heterocycles. The van der Waals surface area contributed by atoms with Crippen LogP contribution >= 0.6 is 11.2 Å². The quantitative estimate of drug-likeness (QED) is 0.489. The first kappa shape index (κ1) is 5.21. The highest BCUT2D eigenvalue weighted by Crippen LogP contribution is 1.95. The van der Waals surface area contributed by atoms with Gasteiger partial charge in [-0.2, -0.15) is 0 Å². The van der Waals surface area contributed by atoms with Gasteiger partial charge in [0.15, 0.2) is 0 Å². The maximum absolute atomic E-state index is 5.15. The zero-order valence-corrected chi connectivity index (χ0v) is 5.09. The third-order valence-electron chi connectivity index (χ3n) is 0.687. The van der Waals surface area contributed by atoms with E-state index in [9.17, 15) is 0 Å². The van der Waals surface area contributed by atoms with Crippen LogP contribution in [0.25, 0.3) is 0 Å². The lowest BCUT2D eigenvalue weighted by Crippen LogP contribution is -1.89. The maximum Gasteiger partial charge on any atom is 0.237 e. The van der Waals surface area contributed by atoms with Crippen LogP contribution in [0.2, 0.25) is 0 Å². The summed E-state index contributed by atoms with van der Waals surface area (Å²) in [5, 5.41) is 11.1. The van der Waals surface area contributed by atoms with Crippen molar-refractivity contribution in [1.82, 2.24) is 20.2 Å². The Labute approximate surface area is 50.1 Å². The summed E-state index contributed by atoms with van der Waals surface area (Å²) in [5.74, 6) is 0. The van der Waals surface area contributed by atoms with Gasteiger partial charge in [-0.15, -0.1) is 0 Å². The summed E-state index contributed by atoms with van der Waals surface area (Å²) in [7, 11) is 1.73. The minimum Gasteiger partial charge on any atom is -0.220 e. The van der Waals surface area contributed by atoms with Gasteiger partial charge in [0.2, 0.25) is 5.16 Å². The summed E-state index contributed by atoms with van der Waals surface area (Å²) in [6.07, 6.45) is 0. The monoisotopic (exact) mass is 128 g/mol. The van der Waals surface area contributed by atoms with Crippen molar-refractivity contribution in [2.24, 2.45) is 7.05 Å². The molecular formula is C3H4N4S. The minimum absolute atomic E-state index is 0.616. The van der Waals surface area contributed by atoms with Crippen LogP contribution in [0.5, 0.6) is 0 Å². The molecule has 0 aliphatic rings. The first-order chi connectivity index (χ1) is 3.84. The summed E-state index contributed by atoms with van der Waals surface area (Å²) in [6.45, 7) is 0. The third-order valence-corrected chi connectivity index (χ3v) is 1.24. The molecule has 0 aliphatic heterocycles. The number of rotatable bonds is 0. The predicted molar refractivity (Wildman–Crippen MR) is 29.6 cm³/mol. The molecule has 1 heterocycles. The number of aromatic nitrogens is 4. The van der Waals surface area contributed by atoms with Crippen LogP contribution in [-0.2, 0) is 7.05 Å². The van der Waals surface area contributed by atoms with Crippen molar-refractivity contribution >= 4 is 11.2 Å². The molecule has 0 N–H and O–H groups in total. The maximum atomic E-state index is 5.15. The Morgan fingerprint density at radius 1 is 1.75 bits per heavy atom. The number of hydrogen-bond acceptors (Lipinski definition) is 3. The molecule has 4 nitrogen and oxygen atoms in total. The Balaban J connectivity index is 3.15. The highest BCUT2D eigenvalue weighted by Gasteiger charge is 1.92. The highest BCUT2D eigenvalue weighted by atomic mass is 32.1. The summed E-state index contributed by atoms with van der Waals surface area (Å²) >= 11 is 1.03. The van der Waals surface area contributed by atoms with Crippen LogP contribution in [0, 0.1) is 5.69 Å². The lowest BCUT2D eigenvalue weighted by Gasteiger charge is -1.81. The van der Waals surface area contributed by atoms with Crippen molar-refractivity contribution in [3.63, 3.8) is 0 Å². The van der Waals surface area contributed by atoms with Gasteiger partial charge >= 0.3 is 0 Å². The number of aryl methyl sites for hydroxylation is 1. The smallest absolute Gasteiger partial charge is 0.220 e. The van der Waals surface area contributed by atoms with E-state index >= 15 is 0 Å². The second kappa shape index (κ2) is 1.90. The molecule has 0 radical (unpaired) electrons. The molecule has 0 aromatic carbocycles. The Hall–Kier alpha value is -0.930. The Morgan fingerprint density at radius 2 is 2.50 bits per heavy atom. The first-order valence-electron chi connectivity index (χ1n) is 1.93. The average molecular weight is 128 g/mol. The van der Waals surface area contributed by atoms with Gasteiger partial charge in [0, 0.05) is 7.05 Å². The SMILES string of the molecule is C#Sc1nnnn1C. The normalized spacial score (nSPS) is 9.00. The van der Waals surface area contributed by atoms with Crippen molar-refractivity contribution in [3.05, 3.63) is 0 Å². The fourth-order valence-corrected chi connectivity index (χ4v) is 0.594. The Bertz CT molecular complexity index is 221. The fraction of sp³-hybridized carbons (Fsp3) is 0.333. The Morgan fingerprint density at radius 3 is 2.75 bits per heavy atom. The molecule has 0 bridgehead atoms. The molecule has 1 aromatic rings. The average Bonchev–Trinajstić information content (AvgIpc) is 2.14. The van der Waals surface area contributed by atoms with Gasteiger partial charge in [0.25, 0.3) is 0 Å². The summed E-state index contributed by atoms with van der Waals surface area (Å²) in [6, 6.07) is 0. The lowest BCUT2D eigenvalue weighted by molar-refractivity contribution is 0.666. The number of tetrazole rings is 1. The summed E-state index contributed by atoms with van der Waals surface area (Å²) in [5.41, 5.74) is 5.15.